The summed E-state index contributed by atoms with van der Waals surface area (Å²) in [6.45, 7) is 0.531. The van der Waals surface area contributed by atoms with Gasteiger partial charge in [0.05, 0.1) is 13.7 Å². The molecule has 0 radical (unpaired) electrons. The molecule has 0 aliphatic heterocycles. The van der Waals surface area contributed by atoms with Crippen molar-refractivity contribution in [1.29, 1.82) is 0 Å². The van der Waals surface area contributed by atoms with Crippen LogP contribution in [-0.4, -0.2) is 31.7 Å². The van der Waals surface area contributed by atoms with E-state index in [0.717, 1.165) is 23.7 Å². The fourth-order valence-electron chi connectivity index (χ4n) is 2.00. The number of allylic oxidation sites excluding steroid dienone is 2. The highest BCUT2D eigenvalue weighted by atomic mass is 79.9. The van der Waals surface area contributed by atoms with E-state index >= 15 is 0 Å². The van der Waals surface area contributed by atoms with Crippen molar-refractivity contribution >= 4 is 39.7 Å². The highest BCUT2D eigenvalue weighted by Gasteiger charge is 2.00. The molecule has 0 spiro atoms. The maximum Gasteiger partial charge on any atom is 0.305 e. The Kier molecular flexibility index (Phi) is 11.7. The molecule has 0 heterocycles. The number of ether oxygens (including phenoxy) is 1. The van der Waals surface area contributed by atoms with Crippen LogP contribution in [-0.2, 0) is 14.3 Å². The fraction of sp³-hybridized carbons (Fsp3) is 0.350. The Hall–Kier alpha value is -2.28. The average molecular weight is 439 g/mol. The monoisotopic (exact) mass is 438 g/mol. The van der Waals surface area contributed by atoms with Gasteiger partial charge in [0.1, 0.15) is 5.82 Å². The molecule has 0 unspecified atom stereocenters. The minimum atomic E-state index is -0.342. The Morgan fingerprint density at radius 3 is 2.70 bits per heavy atom. The number of anilines is 1. The number of hydrogen-bond acceptors (Lipinski definition) is 4. The Labute approximate surface area is 167 Å². The smallest absolute Gasteiger partial charge is 0.305 e. The number of halogens is 2. The molecule has 1 aromatic rings. The zero-order valence-corrected chi connectivity index (χ0v) is 16.9. The lowest BCUT2D eigenvalue weighted by Gasteiger charge is -2.02. The molecule has 0 atom stereocenters. The number of unbranched alkanes of at least 4 members (excludes halogenated alkanes) is 2. The number of nitrogens with zero attached hydrogens (tertiary/aromatic N) is 1. The molecule has 146 valence electrons. The van der Waals surface area contributed by atoms with Crippen LogP contribution in [0.4, 0.5) is 10.1 Å². The second-order valence-electron chi connectivity index (χ2n) is 5.62. The largest absolute Gasteiger partial charge is 0.469 e. The van der Waals surface area contributed by atoms with E-state index in [-0.39, 0.29) is 24.1 Å². The summed E-state index contributed by atoms with van der Waals surface area (Å²) in [5.41, 5.74) is 0.560. The van der Waals surface area contributed by atoms with Crippen molar-refractivity contribution < 1.29 is 18.7 Å². The second kappa shape index (κ2) is 13.9. The predicted molar refractivity (Wildman–Crippen MR) is 110 cm³/mol. The molecule has 0 saturated carbocycles. The van der Waals surface area contributed by atoms with Crippen LogP contribution in [0.15, 0.2) is 52.0 Å². The van der Waals surface area contributed by atoms with E-state index in [1.54, 1.807) is 12.2 Å². The van der Waals surface area contributed by atoms with Crippen LogP contribution < -0.4 is 5.32 Å². The van der Waals surface area contributed by atoms with Crippen molar-refractivity contribution in [2.75, 3.05) is 19.0 Å². The molecular weight excluding hydrogens is 415 g/mol. The molecular formula is C20H24BrFN2O3. The van der Waals surface area contributed by atoms with E-state index in [1.165, 1.54) is 31.4 Å². The first-order valence-electron chi connectivity index (χ1n) is 8.64. The van der Waals surface area contributed by atoms with Gasteiger partial charge in [0, 0.05) is 23.0 Å². The number of benzene rings is 1. The van der Waals surface area contributed by atoms with Crippen molar-refractivity contribution in [1.82, 2.24) is 0 Å². The van der Waals surface area contributed by atoms with E-state index in [4.69, 9.17) is 0 Å². The minimum Gasteiger partial charge on any atom is -0.469 e. The van der Waals surface area contributed by atoms with Gasteiger partial charge in [-0.05, 0) is 55.8 Å². The van der Waals surface area contributed by atoms with Crippen LogP contribution in [0.1, 0.15) is 32.1 Å². The van der Waals surface area contributed by atoms with Crippen LogP contribution in [0, 0.1) is 5.82 Å². The summed E-state index contributed by atoms with van der Waals surface area (Å²) in [5.74, 6) is -0.703. The summed E-state index contributed by atoms with van der Waals surface area (Å²) in [5, 5.41) is 2.69. The molecule has 0 aromatic heterocycles. The molecule has 0 saturated heterocycles. The first kappa shape index (κ1) is 22.8. The molecule has 27 heavy (non-hydrogen) atoms. The van der Waals surface area contributed by atoms with Crippen LogP contribution in [0.3, 0.4) is 0 Å². The third-order valence-corrected chi connectivity index (χ3v) is 4.01. The molecule has 7 heteroatoms. The van der Waals surface area contributed by atoms with E-state index in [9.17, 15) is 14.0 Å². The highest BCUT2D eigenvalue weighted by molar-refractivity contribution is 9.11. The van der Waals surface area contributed by atoms with Crippen LogP contribution in [0.2, 0.25) is 0 Å². The van der Waals surface area contributed by atoms with Crippen LogP contribution in [0.5, 0.6) is 0 Å². The molecule has 0 bridgehead atoms. The quantitative estimate of drug-likeness (QED) is 0.233. The molecule has 1 rings (SSSR count). The lowest BCUT2D eigenvalue weighted by Crippen LogP contribution is -2.09. The summed E-state index contributed by atoms with van der Waals surface area (Å²) in [4.78, 5) is 27.0. The van der Waals surface area contributed by atoms with Gasteiger partial charge in [-0.1, -0.05) is 28.1 Å². The Bertz CT molecular complexity index is 685. The Morgan fingerprint density at radius 1 is 1.26 bits per heavy atom. The average Bonchev–Trinajstić information content (AvgIpc) is 2.65. The van der Waals surface area contributed by atoms with Crippen molar-refractivity contribution in [3.63, 3.8) is 0 Å². The summed E-state index contributed by atoms with van der Waals surface area (Å²) < 4.78 is 18.2. The number of hydrogen-bond donors (Lipinski definition) is 1. The maximum atomic E-state index is 12.8. The normalized spacial score (nSPS) is 11.9. The van der Waals surface area contributed by atoms with Gasteiger partial charge >= 0.3 is 5.97 Å². The van der Waals surface area contributed by atoms with E-state index < -0.39 is 0 Å². The van der Waals surface area contributed by atoms with E-state index in [0.29, 0.717) is 18.7 Å². The Morgan fingerprint density at radius 2 is 2.00 bits per heavy atom. The molecule has 1 amide bonds. The van der Waals surface area contributed by atoms with Gasteiger partial charge in [-0.15, -0.1) is 0 Å². The number of carbonyl (C=O) groups excluding carboxylic acids is 2. The van der Waals surface area contributed by atoms with Gasteiger partial charge in [-0.3, -0.25) is 14.6 Å². The molecule has 1 aromatic carbocycles. The first-order valence-corrected chi connectivity index (χ1v) is 9.43. The molecule has 5 nitrogen and oxygen atoms in total. The number of esters is 1. The summed E-state index contributed by atoms with van der Waals surface area (Å²) in [7, 11) is 1.39. The summed E-state index contributed by atoms with van der Waals surface area (Å²) >= 11 is 3.40. The van der Waals surface area contributed by atoms with E-state index in [2.05, 4.69) is 31.0 Å². The van der Waals surface area contributed by atoms with Gasteiger partial charge in [-0.2, -0.15) is 0 Å². The number of methoxy groups -OCH3 is 1. The van der Waals surface area contributed by atoms with Gasteiger partial charge < -0.3 is 10.1 Å². The third kappa shape index (κ3) is 11.9. The number of aliphatic imine (C=N–C) groups is 1. The van der Waals surface area contributed by atoms with Crippen molar-refractivity contribution in [3.05, 3.63) is 52.8 Å². The van der Waals surface area contributed by atoms with Crippen molar-refractivity contribution in [2.24, 2.45) is 4.99 Å². The lowest BCUT2D eigenvalue weighted by molar-refractivity contribution is -0.140. The number of carbonyl (C=O) groups is 2. The van der Waals surface area contributed by atoms with E-state index in [1.807, 2.05) is 12.3 Å². The standard InChI is InChI=1S/C20H24BrFN2O3/c1-27-20(26)8-3-2-4-14-23-15-13-16(21)6-5-7-19(25)24-18-11-9-17(22)10-12-18/h5-6,9-14H,2-4,7-8,15H2,1H3,(H,24,25)/b6-5-,16-13+,23-14?. The van der Waals surface area contributed by atoms with Crippen molar-refractivity contribution in [2.45, 2.75) is 32.1 Å². The SMILES string of the molecule is COC(=O)CCCCC=NC/C=C(Br)\C=C/CC(=O)Nc1ccc(F)cc1. The van der Waals surface area contributed by atoms with Crippen LogP contribution >= 0.6 is 15.9 Å². The zero-order valence-electron chi connectivity index (χ0n) is 15.3. The fourth-order valence-corrected chi connectivity index (χ4v) is 2.34. The lowest BCUT2D eigenvalue weighted by atomic mass is 10.2. The number of nitrogens with one attached hydrogen (secondary N) is 1. The molecule has 0 aliphatic carbocycles. The Balaban J connectivity index is 2.19. The number of amides is 1. The number of rotatable bonds is 11. The first-order chi connectivity index (χ1) is 13.0. The predicted octanol–water partition coefficient (Wildman–Crippen LogP) is 4.79. The minimum absolute atomic E-state index is 0.178. The molecule has 0 aliphatic rings. The van der Waals surface area contributed by atoms with Gasteiger partial charge in [0.2, 0.25) is 5.91 Å². The van der Waals surface area contributed by atoms with Crippen molar-refractivity contribution in [3.8, 4) is 0 Å². The molecule has 0 fully saturated rings. The van der Waals surface area contributed by atoms with Crippen LogP contribution in [0.25, 0.3) is 0 Å². The second-order valence-corrected chi connectivity index (χ2v) is 6.54. The zero-order chi connectivity index (χ0) is 19.9. The van der Waals surface area contributed by atoms with Gasteiger partial charge in [0.15, 0.2) is 0 Å². The topological polar surface area (TPSA) is 67.8 Å². The highest BCUT2D eigenvalue weighted by Crippen LogP contribution is 2.10. The summed E-state index contributed by atoms with van der Waals surface area (Å²) in [6.07, 6.45) is 10.4. The van der Waals surface area contributed by atoms with Gasteiger partial charge in [-0.25, -0.2) is 4.39 Å². The van der Waals surface area contributed by atoms with Gasteiger partial charge in [0.25, 0.3) is 0 Å². The molecule has 1 N–H and O–H groups in total. The summed E-state index contributed by atoms with van der Waals surface area (Å²) in [6, 6.07) is 5.62. The third-order valence-electron chi connectivity index (χ3n) is 3.42. The maximum absolute atomic E-state index is 12.8.